The molecule has 2 aliphatic rings. The van der Waals surface area contributed by atoms with Crippen LogP contribution < -0.4 is 24.4 Å². The molecule has 2 heterocycles. The minimum atomic E-state index is -1.19. The molecule has 1 aromatic heterocycles. The van der Waals surface area contributed by atoms with Crippen LogP contribution in [0.1, 0.15) is 49.5 Å². The van der Waals surface area contributed by atoms with Gasteiger partial charge in [-0.2, -0.15) is 0 Å². The van der Waals surface area contributed by atoms with Crippen molar-refractivity contribution in [3.05, 3.63) is 48.2 Å². The molecule has 8 nitrogen and oxygen atoms in total. The van der Waals surface area contributed by atoms with Crippen molar-refractivity contribution in [3.63, 3.8) is 0 Å². The molecular formula is C28H33N3O5. The Morgan fingerprint density at radius 3 is 2.22 bits per heavy atom. The summed E-state index contributed by atoms with van der Waals surface area (Å²) in [6.45, 7) is 2.13. The number of aromatic nitrogens is 1. The Morgan fingerprint density at radius 1 is 0.917 bits per heavy atom. The quantitative estimate of drug-likeness (QED) is 0.548. The third-order valence-corrected chi connectivity index (χ3v) is 7.52. The molecule has 3 aromatic rings. The van der Waals surface area contributed by atoms with Crippen molar-refractivity contribution in [1.82, 2.24) is 9.88 Å². The van der Waals surface area contributed by atoms with Gasteiger partial charge in [-0.25, -0.2) is 0 Å². The average Bonchev–Trinajstić information content (AvgIpc) is 3.26. The second-order valence-corrected chi connectivity index (χ2v) is 9.83. The second-order valence-electron chi connectivity index (χ2n) is 9.83. The molecule has 2 aromatic carbocycles. The zero-order valence-electron chi connectivity index (χ0n) is 21.3. The maximum absolute atomic E-state index is 14.2. The van der Waals surface area contributed by atoms with E-state index in [0.29, 0.717) is 35.2 Å². The third kappa shape index (κ3) is 4.04. The summed E-state index contributed by atoms with van der Waals surface area (Å²) in [6.07, 6.45) is 5.31. The Kier molecular flexibility index (Phi) is 6.28. The summed E-state index contributed by atoms with van der Waals surface area (Å²) in [6, 6.07) is 13.0. The lowest BCUT2D eigenvalue weighted by Crippen LogP contribution is -2.65. The highest BCUT2D eigenvalue weighted by atomic mass is 16.5. The van der Waals surface area contributed by atoms with E-state index in [2.05, 4.69) is 5.32 Å². The van der Waals surface area contributed by atoms with Gasteiger partial charge in [0.25, 0.3) is 5.91 Å². The zero-order chi connectivity index (χ0) is 25.4. The molecular weight excluding hydrogens is 458 g/mol. The van der Waals surface area contributed by atoms with Crippen molar-refractivity contribution in [3.8, 4) is 17.2 Å². The first-order chi connectivity index (χ1) is 17.4. The molecule has 0 bridgehead atoms. The standard InChI is InChI=1S/C28H33N3O5/c1-28(27(33)29-19-8-6-5-7-9-19)17-30-24-16-21(34-2)11-10-18(24)12-25(30)26(32)31(28)20-13-22(35-3)15-23(14-20)36-4/h10-16,19H,5-9,17H2,1-4H3,(H,29,33)/t28-/m1/s1. The normalized spacial score (nSPS) is 20.2. The molecule has 8 heteroatoms. The lowest BCUT2D eigenvalue weighted by atomic mass is 9.91. The minimum Gasteiger partial charge on any atom is -0.497 e. The van der Waals surface area contributed by atoms with Gasteiger partial charge in [-0.3, -0.25) is 14.5 Å². The molecule has 1 saturated carbocycles. The molecule has 1 N–H and O–H groups in total. The second kappa shape index (κ2) is 9.41. The molecule has 0 saturated heterocycles. The number of methoxy groups -OCH3 is 3. The predicted octanol–water partition coefficient (Wildman–Crippen LogP) is 4.54. The van der Waals surface area contributed by atoms with Crippen molar-refractivity contribution in [2.45, 2.75) is 57.2 Å². The summed E-state index contributed by atoms with van der Waals surface area (Å²) in [7, 11) is 4.75. The van der Waals surface area contributed by atoms with Gasteiger partial charge >= 0.3 is 0 Å². The molecule has 0 unspecified atom stereocenters. The topological polar surface area (TPSA) is 82.0 Å². The number of carbonyl (C=O) groups excluding carboxylic acids is 2. The van der Waals surface area contributed by atoms with Gasteiger partial charge in [0, 0.05) is 35.7 Å². The summed E-state index contributed by atoms with van der Waals surface area (Å²) in [5.41, 5.74) is 0.736. The maximum atomic E-state index is 14.2. The highest BCUT2D eigenvalue weighted by molar-refractivity contribution is 6.14. The van der Waals surface area contributed by atoms with Crippen LogP contribution in [0.5, 0.6) is 17.2 Å². The Bertz CT molecular complexity index is 1290. The minimum absolute atomic E-state index is 0.114. The fourth-order valence-corrected chi connectivity index (χ4v) is 5.51. The van der Waals surface area contributed by atoms with Crippen LogP contribution in [0.2, 0.25) is 0 Å². The van der Waals surface area contributed by atoms with Gasteiger partial charge in [-0.15, -0.1) is 0 Å². The van der Waals surface area contributed by atoms with E-state index in [1.54, 1.807) is 44.4 Å². The smallest absolute Gasteiger partial charge is 0.275 e. The lowest BCUT2D eigenvalue weighted by Gasteiger charge is -2.44. The molecule has 1 atom stereocenters. The zero-order valence-corrected chi connectivity index (χ0v) is 21.3. The number of hydrogen-bond acceptors (Lipinski definition) is 5. The van der Waals surface area contributed by atoms with E-state index < -0.39 is 5.54 Å². The van der Waals surface area contributed by atoms with Crippen molar-refractivity contribution in [2.75, 3.05) is 26.2 Å². The Hall–Kier alpha value is -3.68. The first kappa shape index (κ1) is 24.0. The average molecular weight is 492 g/mol. The summed E-state index contributed by atoms with van der Waals surface area (Å²) < 4.78 is 18.3. The fraction of sp³-hybridized carbons (Fsp3) is 0.429. The van der Waals surface area contributed by atoms with Gasteiger partial charge < -0.3 is 24.1 Å². The van der Waals surface area contributed by atoms with Gasteiger partial charge in [0.2, 0.25) is 5.91 Å². The van der Waals surface area contributed by atoms with E-state index >= 15 is 0 Å². The SMILES string of the molecule is COc1cc(OC)cc(N2C(=O)c3cc4ccc(OC)cc4n3C[C@]2(C)C(=O)NC2CCCCC2)c1. The highest BCUT2D eigenvalue weighted by Gasteiger charge is 2.49. The molecule has 1 aliphatic heterocycles. The molecule has 2 amide bonds. The number of hydrogen-bond donors (Lipinski definition) is 1. The van der Waals surface area contributed by atoms with Gasteiger partial charge in [0.1, 0.15) is 28.5 Å². The maximum Gasteiger partial charge on any atom is 0.275 e. The van der Waals surface area contributed by atoms with Crippen LogP contribution >= 0.6 is 0 Å². The monoisotopic (exact) mass is 491 g/mol. The molecule has 5 rings (SSSR count). The van der Waals surface area contributed by atoms with Crippen molar-refractivity contribution in [1.29, 1.82) is 0 Å². The molecule has 0 radical (unpaired) electrons. The number of anilines is 1. The van der Waals surface area contributed by atoms with Crippen LogP contribution in [0.25, 0.3) is 10.9 Å². The van der Waals surface area contributed by atoms with Crippen molar-refractivity contribution >= 4 is 28.4 Å². The van der Waals surface area contributed by atoms with Crippen LogP contribution in [-0.2, 0) is 11.3 Å². The molecule has 1 fully saturated rings. The van der Waals surface area contributed by atoms with Crippen molar-refractivity contribution in [2.24, 2.45) is 0 Å². The molecule has 190 valence electrons. The van der Waals surface area contributed by atoms with E-state index in [4.69, 9.17) is 14.2 Å². The Balaban J connectivity index is 1.65. The third-order valence-electron chi connectivity index (χ3n) is 7.52. The number of carbonyl (C=O) groups is 2. The first-order valence-corrected chi connectivity index (χ1v) is 12.4. The number of ether oxygens (including phenoxy) is 3. The summed E-state index contributed by atoms with van der Waals surface area (Å²) in [5, 5.41) is 4.18. The summed E-state index contributed by atoms with van der Waals surface area (Å²) in [4.78, 5) is 29.8. The number of amides is 2. The van der Waals surface area contributed by atoms with Crippen LogP contribution in [0.4, 0.5) is 5.69 Å². The number of fused-ring (bicyclic) bond motifs is 3. The molecule has 36 heavy (non-hydrogen) atoms. The van der Waals surface area contributed by atoms with Crippen LogP contribution in [-0.4, -0.2) is 49.3 Å². The fourth-order valence-electron chi connectivity index (χ4n) is 5.51. The number of nitrogens with one attached hydrogen (secondary N) is 1. The predicted molar refractivity (Wildman–Crippen MR) is 138 cm³/mol. The first-order valence-electron chi connectivity index (χ1n) is 12.4. The number of nitrogens with zero attached hydrogens (tertiary/aromatic N) is 2. The van der Waals surface area contributed by atoms with Gasteiger partial charge in [0.15, 0.2) is 0 Å². The molecule has 1 aliphatic carbocycles. The number of benzene rings is 2. The Labute approximate surface area is 211 Å². The highest BCUT2D eigenvalue weighted by Crippen LogP contribution is 2.39. The van der Waals surface area contributed by atoms with E-state index in [1.807, 2.05) is 35.8 Å². The van der Waals surface area contributed by atoms with Crippen molar-refractivity contribution < 1.29 is 23.8 Å². The van der Waals surface area contributed by atoms with Crippen LogP contribution in [0.15, 0.2) is 42.5 Å². The van der Waals surface area contributed by atoms with Gasteiger partial charge in [-0.05, 0) is 38.0 Å². The number of rotatable bonds is 6. The van der Waals surface area contributed by atoms with Crippen LogP contribution in [0, 0.1) is 0 Å². The van der Waals surface area contributed by atoms with Gasteiger partial charge in [0.05, 0.1) is 39.1 Å². The van der Waals surface area contributed by atoms with Gasteiger partial charge in [-0.1, -0.05) is 19.3 Å². The van der Waals surface area contributed by atoms with Crippen LogP contribution in [0.3, 0.4) is 0 Å². The summed E-state index contributed by atoms with van der Waals surface area (Å²) >= 11 is 0. The lowest BCUT2D eigenvalue weighted by molar-refractivity contribution is -0.127. The largest absolute Gasteiger partial charge is 0.497 e. The van der Waals surface area contributed by atoms with E-state index in [1.165, 1.54) is 6.42 Å². The van der Waals surface area contributed by atoms with E-state index in [-0.39, 0.29) is 17.9 Å². The molecule has 0 spiro atoms. The summed E-state index contributed by atoms with van der Waals surface area (Å²) in [5.74, 6) is 1.36. The van der Waals surface area contributed by atoms with E-state index in [9.17, 15) is 9.59 Å². The Morgan fingerprint density at radius 2 is 1.58 bits per heavy atom. The van der Waals surface area contributed by atoms with E-state index in [0.717, 1.165) is 36.6 Å².